The summed E-state index contributed by atoms with van der Waals surface area (Å²) in [6, 6.07) is 0.146. The third kappa shape index (κ3) is 3.55. The Hall–Kier alpha value is -0.880. The Balaban J connectivity index is 3.01. The summed E-state index contributed by atoms with van der Waals surface area (Å²) in [7, 11) is -3.87. The lowest BCUT2D eigenvalue weighted by Crippen LogP contribution is -2.40. The zero-order chi connectivity index (χ0) is 13.9. The molecule has 0 fully saturated rings. The summed E-state index contributed by atoms with van der Waals surface area (Å²) >= 11 is 4.23. The van der Waals surface area contributed by atoms with Crippen LogP contribution in [0.5, 0.6) is 0 Å². The predicted molar refractivity (Wildman–Crippen MR) is 72.0 cm³/mol. The van der Waals surface area contributed by atoms with E-state index in [1.807, 2.05) is 0 Å². The van der Waals surface area contributed by atoms with E-state index in [9.17, 15) is 13.2 Å². The van der Waals surface area contributed by atoms with Gasteiger partial charge in [-0.1, -0.05) is 0 Å². The van der Waals surface area contributed by atoms with Gasteiger partial charge >= 0.3 is 5.97 Å². The van der Waals surface area contributed by atoms with Gasteiger partial charge in [0, 0.05) is 6.42 Å². The number of thiophene rings is 1. The van der Waals surface area contributed by atoms with E-state index < -0.39 is 22.0 Å². The second-order valence-corrected chi connectivity index (χ2v) is 7.75. The maximum atomic E-state index is 11.9. The molecule has 1 heterocycles. The molecule has 0 radical (unpaired) electrons. The lowest BCUT2D eigenvalue weighted by molar-refractivity contribution is -0.138. The zero-order valence-electron chi connectivity index (χ0n) is 9.31. The molecule has 0 aliphatic heterocycles. The predicted octanol–water partition coefficient (Wildman–Crippen LogP) is 1.57. The minimum atomic E-state index is -3.87. The Morgan fingerprint density at radius 2 is 2.33 bits per heavy atom. The van der Waals surface area contributed by atoms with E-state index in [4.69, 9.17) is 11.5 Å². The average molecular weight is 352 g/mol. The van der Waals surface area contributed by atoms with Crippen LogP contribution in [0.15, 0.2) is 14.1 Å². The minimum absolute atomic E-state index is 0.0511. The first-order valence-corrected chi connectivity index (χ1v) is 7.81. The van der Waals surface area contributed by atoms with E-state index in [2.05, 4.69) is 26.6 Å². The number of terminal acetylenes is 1. The van der Waals surface area contributed by atoms with Crippen molar-refractivity contribution in [3.8, 4) is 12.3 Å². The molecule has 0 saturated heterocycles. The third-order valence-corrected chi connectivity index (χ3v) is 6.10. The summed E-state index contributed by atoms with van der Waals surface area (Å²) in [5, 5.41) is 8.85. The van der Waals surface area contributed by atoms with Crippen molar-refractivity contribution in [3.63, 3.8) is 0 Å². The largest absolute Gasteiger partial charge is 0.480 e. The molecule has 2 N–H and O–H groups in total. The van der Waals surface area contributed by atoms with Gasteiger partial charge in [0.2, 0.25) is 0 Å². The Kier molecular flexibility index (Phi) is 4.92. The standard InChI is InChI=1S/C10H10BrNO4S2/c1-3-4-7(10(13)14)12-18(15,16)8-5-6(2)9(11)17-8/h1,5,7,12H,4H2,2H3,(H,13,14). The molecule has 1 aromatic rings. The van der Waals surface area contributed by atoms with Crippen LogP contribution in [0.1, 0.15) is 12.0 Å². The molecule has 8 heteroatoms. The molecule has 0 aliphatic rings. The fourth-order valence-corrected chi connectivity index (χ4v) is 4.54. The number of aryl methyl sites for hydroxylation is 1. The van der Waals surface area contributed by atoms with Gasteiger partial charge in [0.25, 0.3) is 10.0 Å². The molecule has 0 spiro atoms. The van der Waals surface area contributed by atoms with Gasteiger partial charge in [-0.2, -0.15) is 4.72 Å². The van der Waals surface area contributed by atoms with Crippen molar-refractivity contribution in [1.82, 2.24) is 4.72 Å². The summed E-state index contributed by atoms with van der Waals surface area (Å²) in [5.74, 6) is 0.824. The highest BCUT2D eigenvalue weighted by Gasteiger charge is 2.26. The van der Waals surface area contributed by atoms with E-state index >= 15 is 0 Å². The number of carboxylic acid groups (broad SMARTS) is 1. The summed E-state index contributed by atoms with van der Waals surface area (Å²) in [6.45, 7) is 1.75. The van der Waals surface area contributed by atoms with E-state index in [1.54, 1.807) is 6.92 Å². The van der Waals surface area contributed by atoms with Crippen LogP contribution in [0.2, 0.25) is 0 Å². The molecule has 0 amide bonds. The molecular weight excluding hydrogens is 342 g/mol. The number of sulfonamides is 1. The molecular formula is C10H10BrNO4S2. The number of hydrogen-bond donors (Lipinski definition) is 2. The number of nitrogens with one attached hydrogen (secondary N) is 1. The molecule has 0 saturated carbocycles. The molecule has 98 valence electrons. The highest BCUT2D eigenvalue weighted by atomic mass is 79.9. The minimum Gasteiger partial charge on any atom is -0.480 e. The Morgan fingerprint density at radius 1 is 1.72 bits per heavy atom. The zero-order valence-corrected chi connectivity index (χ0v) is 12.5. The number of carbonyl (C=O) groups is 1. The van der Waals surface area contributed by atoms with E-state index in [0.29, 0.717) is 3.79 Å². The second-order valence-electron chi connectivity index (χ2n) is 3.44. The van der Waals surface area contributed by atoms with Crippen molar-refractivity contribution in [2.24, 2.45) is 0 Å². The van der Waals surface area contributed by atoms with Crippen molar-refractivity contribution >= 4 is 43.3 Å². The first-order valence-electron chi connectivity index (χ1n) is 4.72. The molecule has 0 aromatic carbocycles. The number of hydrogen-bond acceptors (Lipinski definition) is 4. The van der Waals surface area contributed by atoms with Crippen LogP contribution in [0.3, 0.4) is 0 Å². The van der Waals surface area contributed by atoms with Crippen molar-refractivity contribution in [2.75, 3.05) is 0 Å². The Morgan fingerprint density at radius 3 is 2.72 bits per heavy atom. The number of aliphatic carboxylic acids is 1. The molecule has 0 aliphatic carbocycles. The van der Waals surface area contributed by atoms with Crippen molar-refractivity contribution in [2.45, 2.75) is 23.6 Å². The van der Waals surface area contributed by atoms with Crippen molar-refractivity contribution in [1.29, 1.82) is 0 Å². The average Bonchev–Trinajstić information content (AvgIpc) is 2.59. The van der Waals surface area contributed by atoms with Crippen LogP contribution in [0.25, 0.3) is 0 Å². The van der Waals surface area contributed by atoms with Gasteiger partial charge in [-0.25, -0.2) is 8.42 Å². The topological polar surface area (TPSA) is 83.5 Å². The van der Waals surface area contributed by atoms with Gasteiger partial charge in [-0.05, 0) is 34.5 Å². The maximum absolute atomic E-state index is 11.9. The van der Waals surface area contributed by atoms with Gasteiger partial charge in [0.05, 0.1) is 3.79 Å². The fourth-order valence-electron chi connectivity index (χ4n) is 1.11. The molecule has 1 rings (SSSR count). The quantitative estimate of drug-likeness (QED) is 0.788. The molecule has 5 nitrogen and oxygen atoms in total. The third-order valence-electron chi connectivity index (χ3n) is 2.02. The fraction of sp³-hybridized carbons (Fsp3) is 0.300. The number of carboxylic acids is 1. The van der Waals surface area contributed by atoms with Crippen LogP contribution in [0.4, 0.5) is 0 Å². The summed E-state index contributed by atoms with van der Waals surface area (Å²) < 4.78 is 26.7. The lowest BCUT2D eigenvalue weighted by atomic mass is 10.2. The summed E-state index contributed by atoms with van der Waals surface area (Å²) in [4.78, 5) is 10.8. The highest BCUT2D eigenvalue weighted by Crippen LogP contribution is 2.30. The van der Waals surface area contributed by atoms with E-state index in [1.165, 1.54) is 6.07 Å². The monoisotopic (exact) mass is 351 g/mol. The summed E-state index contributed by atoms with van der Waals surface area (Å²) in [6.07, 6.45) is 4.79. The van der Waals surface area contributed by atoms with Crippen LogP contribution in [-0.4, -0.2) is 25.5 Å². The van der Waals surface area contributed by atoms with Gasteiger partial charge in [-0.3, -0.25) is 4.79 Å². The highest BCUT2D eigenvalue weighted by molar-refractivity contribution is 9.11. The van der Waals surface area contributed by atoms with Crippen molar-refractivity contribution < 1.29 is 18.3 Å². The smallest absolute Gasteiger partial charge is 0.322 e. The second kappa shape index (κ2) is 5.84. The lowest BCUT2D eigenvalue weighted by Gasteiger charge is -2.10. The number of halogens is 1. The van der Waals surface area contributed by atoms with Crippen LogP contribution < -0.4 is 4.72 Å². The summed E-state index contributed by atoms with van der Waals surface area (Å²) in [5.41, 5.74) is 0.768. The van der Waals surface area contributed by atoms with E-state index in [-0.39, 0.29) is 10.6 Å². The van der Waals surface area contributed by atoms with Crippen molar-refractivity contribution in [3.05, 3.63) is 15.4 Å². The molecule has 1 aromatic heterocycles. The molecule has 18 heavy (non-hydrogen) atoms. The maximum Gasteiger partial charge on any atom is 0.322 e. The number of rotatable bonds is 5. The Labute approximate surface area is 117 Å². The first kappa shape index (κ1) is 15.2. The Bertz CT molecular complexity index is 580. The van der Waals surface area contributed by atoms with Gasteiger partial charge in [-0.15, -0.1) is 23.7 Å². The van der Waals surface area contributed by atoms with Gasteiger partial charge < -0.3 is 5.11 Å². The normalized spacial score (nSPS) is 12.9. The SMILES string of the molecule is C#CCC(NS(=O)(=O)c1cc(C)c(Br)s1)C(=O)O. The van der Waals surface area contributed by atoms with Gasteiger partial charge in [0.1, 0.15) is 10.3 Å². The molecule has 1 unspecified atom stereocenters. The van der Waals surface area contributed by atoms with Crippen LogP contribution in [0, 0.1) is 19.3 Å². The van der Waals surface area contributed by atoms with Crippen LogP contribution >= 0.6 is 27.3 Å². The van der Waals surface area contributed by atoms with E-state index in [0.717, 1.165) is 16.9 Å². The molecule has 0 bridgehead atoms. The molecule has 1 atom stereocenters. The van der Waals surface area contributed by atoms with Crippen LogP contribution in [-0.2, 0) is 14.8 Å². The van der Waals surface area contributed by atoms with Gasteiger partial charge in [0.15, 0.2) is 0 Å². The first-order chi connectivity index (χ1) is 8.27.